The number of carbonyl (C=O) groups excluding carboxylic acids is 1. The van der Waals surface area contributed by atoms with Crippen molar-refractivity contribution in [2.45, 2.75) is 6.54 Å². The van der Waals surface area contributed by atoms with Gasteiger partial charge in [-0.05, 0) is 36.4 Å². The molecule has 144 valence electrons. The molecule has 2 amide bonds. The molecule has 0 atom stereocenters. The Morgan fingerprint density at radius 3 is 2.54 bits per heavy atom. The number of benzene rings is 2. The van der Waals surface area contributed by atoms with E-state index in [9.17, 15) is 14.0 Å². The zero-order chi connectivity index (χ0) is 19.5. The number of hydrogen-bond acceptors (Lipinski definition) is 4. The van der Waals surface area contributed by atoms with Crippen molar-refractivity contribution in [1.82, 2.24) is 19.8 Å². The Morgan fingerprint density at radius 1 is 1.07 bits per heavy atom. The number of hydrogen-bond donors (Lipinski definition) is 2. The van der Waals surface area contributed by atoms with Gasteiger partial charge in [-0.2, -0.15) is 0 Å². The Kier molecular flexibility index (Phi) is 5.03. The van der Waals surface area contributed by atoms with Gasteiger partial charge in [-0.1, -0.05) is 12.1 Å². The minimum atomic E-state index is -0.341. The van der Waals surface area contributed by atoms with Gasteiger partial charge in [0, 0.05) is 31.9 Å². The summed E-state index contributed by atoms with van der Waals surface area (Å²) in [5.74, 6) is 0.278. The predicted molar refractivity (Wildman–Crippen MR) is 105 cm³/mol. The lowest BCUT2D eigenvalue weighted by Crippen LogP contribution is -2.49. The predicted octanol–water partition coefficient (Wildman–Crippen LogP) is 2.41. The van der Waals surface area contributed by atoms with Gasteiger partial charge in [-0.3, -0.25) is 9.69 Å². The highest BCUT2D eigenvalue weighted by molar-refractivity contribution is 5.89. The number of amides is 2. The number of para-hydroxylation sites is 1. The second kappa shape index (κ2) is 7.77. The van der Waals surface area contributed by atoms with Gasteiger partial charge in [0.05, 0.1) is 17.4 Å². The summed E-state index contributed by atoms with van der Waals surface area (Å²) in [6, 6.07) is 12.7. The zero-order valence-electron chi connectivity index (χ0n) is 15.2. The van der Waals surface area contributed by atoms with Crippen molar-refractivity contribution in [2.75, 3.05) is 31.5 Å². The van der Waals surface area contributed by atoms with Gasteiger partial charge in [-0.25, -0.2) is 14.2 Å². The second-order valence-electron chi connectivity index (χ2n) is 6.73. The number of anilines is 1. The molecule has 2 aromatic carbocycles. The maximum absolute atomic E-state index is 13.0. The van der Waals surface area contributed by atoms with E-state index in [0.29, 0.717) is 55.1 Å². The fourth-order valence-corrected chi connectivity index (χ4v) is 3.27. The minimum absolute atomic E-state index is 0.141. The molecular formula is C20H20FN5O2. The first-order chi connectivity index (χ1) is 13.6. The molecule has 0 radical (unpaired) electrons. The number of aromatic nitrogens is 2. The number of aromatic amines is 1. The summed E-state index contributed by atoms with van der Waals surface area (Å²) in [4.78, 5) is 35.8. The van der Waals surface area contributed by atoms with Gasteiger partial charge in [0.1, 0.15) is 11.6 Å². The fourth-order valence-electron chi connectivity index (χ4n) is 3.27. The normalized spacial score (nSPS) is 15.0. The van der Waals surface area contributed by atoms with E-state index in [1.807, 2.05) is 18.2 Å². The molecule has 2 N–H and O–H groups in total. The third-order valence-electron chi connectivity index (χ3n) is 4.79. The van der Waals surface area contributed by atoms with Crippen LogP contribution in [0.3, 0.4) is 0 Å². The number of nitrogens with one attached hydrogen (secondary N) is 2. The number of piperazine rings is 1. The third-order valence-corrected chi connectivity index (χ3v) is 4.79. The van der Waals surface area contributed by atoms with E-state index in [4.69, 9.17) is 0 Å². The number of nitrogens with zero attached hydrogens (tertiary/aromatic N) is 3. The summed E-state index contributed by atoms with van der Waals surface area (Å²) in [7, 11) is 0. The summed E-state index contributed by atoms with van der Waals surface area (Å²) in [6.07, 6.45) is 0. The summed E-state index contributed by atoms with van der Waals surface area (Å²) < 4.78 is 13.0. The molecule has 7 nitrogen and oxygen atoms in total. The number of H-pyrrole nitrogens is 1. The SMILES string of the molecule is O=C(Nc1ccc(F)cc1)N1CCN(Cc2nc3ccccc3c(=O)[nH]2)CC1. The summed E-state index contributed by atoms with van der Waals surface area (Å²) >= 11 is 0. The van der Waals surface area contributed by atoms with Crippen LogP contribution in [0.1, 0.15) is 5.82 Å². The fraction of sp³-hybridized carbons (Fsp3) is 0.250. The molecule has 1 aromatic heterocycles. The lowest BCUT2D eigenvalue weighted by atomic mass is 10.2. The molecule has 0 aliphatic carbocycles. The smallest absolute Gasteiger partial charge is 0.321 e. The van der Waals surface area contributed by atoms with E-state index in [1.165, 1.54) is 24.3 Å². The Balaban J connectivity index is 1.34. The number of fused-ring (bicyclic) bond motifs is 1. The van der Waals surface area contributed by atoms with Gasteiger partial charge in [0.25, 0.3) is 5.56 Å². The first kappa shape index (κ1) is 18.1. The Labute approximate surface area is 160 Å². The minimum Gasteiger partial charge on any atom is -0.322 e. The largest absolute Gasteiger partial charge is 0.322 e. The van der Waals surface area contributed by atoms with Crippen molar-refractivity contribution in [3.8, 4) is 0 Å². The Hall–Kier alpha value is -3.26. The van der Waals surface area contributed by atoms with E-state index >= 15 is 0 Å². The second-order valence-corrected chi connectivity index (χ2v) is 6.73. The lowest BCUT2D eigenvalue weighted by molar-refractivity contribution is 0.141. The van der Waals surface area contributed by atoms with Gasteiger partial charge in [0.2, 0.25) is 0 Å². The van der Waals surface area contributed by atoms with Crippen LogP contribution in [0.2, 0.25) is 0 Å². The number of halogens is 1. The lowest BCUT2D eigenvalue weighted by Gasteiger charge is -2.34. The average molecular weight is 381 g/mol. The van der Waals surface area contributed by atoms with E-state index in [1.54, 1.807) is 11.0 Å². The van der Waals surface area contributed by atoms with Crippen molar-refractivity contribution in [2.24, 2.45) is 0 Å². The van der Waals surface area contributed by atoms with Crippen molar-refractivity contribution in [3.05, 3.63) is 70.5 Å². The van der Waals surface area contributed by atoms with E-state index in [-0.39, 0.29) is 17.4 Å². The van der Waals surface area contributed by atoms with Crippen LogP contribution in [0, 0.1) is 5.82 Å². The van der Waals surface area contributed by atoms with Crippen LogP contribution in [0.15, 0.2) is 53.3 Å². The molecule has 1 fully saturated rings. The maximum Gasteiger partial charge on any atom is 0.321 e. The highest BCUT2D eigenvalue weighted by Gasteiger charge is 2.22. The van der Waals surface area contributed by atoms with Gasteiger partial charge in [0.15, 0.2) is 0 Å². The third kappa shape index (κ3) is 4.01. The number of rotatable bonds is 3. The molecule has 1 aliphatic rings. The van der Waals surface area contributed by atoms with Crippen LogP contribution in [0.5, 0.6) is 0 Å². The van der Waals surface area contributed by atoms with E-state index < -0.39 is 0 Å². The first-order valence-corrected chi connectivity index (χ1v) is 9.10. The van der Waals surface area contributed by atoms with E-state index in [2.05, 4.69) is 20.2 Å². The highest BCUT2D eigenvalue weighted by atomic mass is 19.1. The van der Waals surface area contributed by atoms with Gasteiger partial charge < -0.3 is 15.2 Å². The molecular weight excluding hydrogens is 361 g/mol. The van der Waals surface area contributed by atoms with Crippen LogP contribution >= 0.6 is 0 Å². The summed E-state index contributed by atoms with van der Waals surface area (Å²) in [5.41, 5.74) is 1.10. The first-order valence-electron chi connectivity index (χ1n) is 9.10. The van der Waals surface area contributed by atoms with Crippen LogP contribution in [0.25, 0.3) is 10.9 Å². The molecule has 8 heteroatoms. The molecule has 0 saturated carbocycles. The Bertz CT molecular complexity index is 1040. The molecule has 28 heavy (non-hydrogen) atoms. The molecule has 1 saturated heterocycles. The van der Waals surface area contributed by atoms with E-state index in [0.717, 1.165) is 0 Å². The quantitative estimate of drug-likeness (QED) is 0.730. The molecule has 1 aliphatic heterocycles. The maximum atomic E-state index is 13.0. The topological polar surface area (TPSA) is 81.3 Å². The monoisotopic (exact) mass is 381 g/mol. The van der Waals surface area contributed by atoms with Gasteiger partial charge in [-0.15, -0.1) is 0 Å². The van der Waals surface area contributed by atoms with Crippen LogP contribution in [-0.2, 0) is 6.54 Å². The standard InChI is InChI=1S/C20H20FN5O2/c21-14-5-7-15(8-6-14)22-20(28)26-11-9-25(10-12-26)13-18-23-17-4-2-1-3-16(17)19(27)24-18/h1-8H,9-13H2,(H,22,28)(H,23,24,27). The summed E-state index contributed by atoms with van der Waals surface area (Å²) in [6.45, 7) is 2.99. The Morgan fingerprint density at radius 2 is 1.79 bits per heavy atom. The number of carbonyl (C=O) groups is 1. The molecule has 3 aromatic rings. The molecule has 0 bridgehead atoms. The molecule has 4 rings (SSSR count). The van der Waals surface area contributed by atoms with Crippen molar-refractivity contribution >= 4 is 22.6 Å². The summed E-state index contributed by atoms with van der Waals surface area (Å²) in [5, 5.41) is 3.35. The molecule has 0 unspecified atom stereocenters. The van der Waals surface area contributed by atoms with Crippen molar-refractivity contribution in [3.63, 3.8) is 0 Å². The van der Waals surface area contributed by atoms with Gasteiger partial charge >= 0.3 is 6.03 Å². The average Bonchev–Trinajstić information content (AvgIpc) is 2.70. The molecule has 0 spiro atoms. The van der Waals surface area contributed by atoms with Crippen LogP contribution in [0.4, 0.5) is 14.9 Å². The molecule has 2 heterocycles. The van der Waals surface area contributed by atoms with Crippen LogP contribution < -0.4 is 10.9 Å². The zero-order valence-corrected chi connectivity index (χ0v) is 15.2. The number of urea groups is 1. The highest BCUT2D eigenvalue weighted by Crippen LogP contribution is 2.12. The van der Waals surface area contributed by atoms with Crippen molar-refractivity contribution < 1.29 is 9.18 Å². The van der Waals surface area contributed by atoms with Crippen LogP contribution in [-0.4, -0.2) is 52.0 Å². The van der Waals surface area contributed by atoms with Crippen molar-refractivity contribution in [1.29, 1.82) is 0 Å².